The Morgan fingerprint density at radius 3 is 2.23 bits per heavy atom. The summed E-state index contributed by atoms with van der Waals surface area (Å²) >= 11 is 2.28. The van der Waals surface area contributed by atoms with Crippen LogP contribution in [0.4, 0.5) is 11.4 Å². The number of benzene rings is 3. The predicted octanol–water partition coefficient (Wildman–Crippen LogP) is 6.26. The van der Waals surface area contributed by atoms with Gasteiger partial charge in [0.05, 0.1) is 16.6 Å². The maximum absolute atomic E-state index is 14.1. The van der Waals surface area contributed by atoms with Gasteiger partial charge in [-0.05, 0) is 60.2 Å². The molecule has 4 aromatic rings. The average molecular weight is 612 g/mol. The van der Waals surface area contributed by atoms with E-state index in [-0.39, 0.29) is 34.6 Å². The number of amides is 3. The summed E-state index contributed by atoms with van der Waals surface area (Å²) in [6.07, 6.45) is 0. The highest BCUT2D eigenvalue weighted by Gasteiger charge is 2.56. The molecule has 6 rings (SSSR count). The lowest BCUT2D eigenvalue weighted by molar-refractivity contribution is -0.122. The second-order valence-electron chi connectivity index (χ2n) is 12.3. The average Bonchev–Trinajstić information content (AvgIpc) is 3.39. The third-order valence-electron chi connectivity index (χ3n) is 8.08. The van der Waals surface area contributed by atoms with Gasteiger partial charge >= 0.3 is 4.87 Å². The number of carbonyl (C=O) groups excluding carboxylic acids is 3. The zero-order valence-electron chi connectivity index (χ0n) is 24.7. The van der Waals surface area contributed by atoms with Crippen molar-refractivity contribution in [2.24, 2.45) is 5.92 Å². The molecular weight excluding hydrogens is 579 g/mol. The number of aromatic nitrogens is 1. The van der Waals surface area contributed by atoms with E-state index in [9.17, 15) is 19.2 Å². The summed E-state index contributed by atoms with van der Waals surface area (Å²) in [5.74, 6) is -2.09. The highest BCUT2D eigenvalue weighted by atomic mass is 32.2. The molecule has 0 radical (unpaired) electrons. The first kappa shape index (κ1) is 29.1. The highest BCUT2D eigenvalue weighted by molar-refractivity contribution is 8.00. The number of hydrogen-bond acceptors (Lipinski definition) is 6. The van der Waals surface area contributed by atoms with Crippen LogP contribution in [0.1, 0.15) is 53.8 Å². The molecule has 3 atom stereocenters. The second kappa shape index (κ2) is 11.0. The van der Waals surface area contributed by atoms with E-state index in [1.54, 1.807) is 18.2 Å². The molecule has 3 amide bonds. The highest BCUT2D eigenvalue weighted by Crippen LogP contribution is 2.54. The number of rotatable bonds is 5. The molecule has 3 unspecified atom stereocenters. The fourth-order valence-electron chi connectivity index (χ4n) is 5.82. The molecular formula is C34H33N3O4S2. The Kier molecular flexibility index (Phi) is 7.42. The maximum Gasteiger partial charge on any atom is 0.308 e. The van der Waals surface area contributed by atoms with E-state index in [0.717, 1.165) is 38.5 Å². The Bertz CT molecular complexity index is 1800. The summed E-state index contributed by atoms with van der Waals surface area (Å²) in [6.45, 7) is 10.1. The van der Waals surface area contributed by atoms with Crippen molar-refractivity contribution in [1.82, 2.24) is 4.57 Å². The number of anilines is 2. The monoisotopic (exact) mass is 611 g/mol. The first-order valence-electron chi connectivity index (χ1n) is 14.2. The Hall–Kier alpha value is -3.95. The van der Waals surface area contributed by atoms with Crippen LogP contribution in [0.2, 0.25) is 0 Å². The van der Waals surface area contributed by atoms with Gasteiger partial charge in [-0.2, -0.15) is 0 Å². The summed E-state index contributed by atoms with van der Waals surface area (Å²) < 4.78 is 1.45. The van der Waals surface area contributed by atoms with Crippen molar-refractivity contribution < 1.29 is 14.4 Å². The van der Waals surface area contributed by atoms with E-state index in [1.807, 2.05) is 56.3 Å². The summed E-state index contributed by atoms with van der Waals surface area (Å²) in [5.41, 5.74) is 5.18. The fourth-order valence-corrected chi connectivity index (χ4v) is 8.59. The van der Waals surface area contributed by atoms with Gasteiger partial charge < -0.3 is 5.32 Å². The van der Waals surface area contributed by atoms with Gasteiger partial charge in [-0.3, -0.25) is 23.7 Å². The van der Waals surface area contributed by atoms with Crippen LogP contribution in [0, 0.1) is 19.8 Å². The van der Waals surface area contributed by atoms with E-state index in [0.29, 0.717) is 16.4 Å². The third-order valence-corrected chi connectivity index (χ3v) is 10.7. The molecule has 3 aromatic carbocycles. The fraction of sp³-hybridized carbons (Fsp3) is 0.294. The molecule has 0 spiro atoms. The minimum absolute atomic E-state index is 0.0607. The maximum atomic E-state index is 14.1. The molecule has 1 fully saturated rings. The molecule has 9 heteroatoms. The van der Waals surface area contributed by atoms with Gasteiger partial charge in [-0.25, -0.2) is 4.90 Å². The number of carbonyl (C=O) groups is 3. The van der Waals surface area contributed by atoms with E-state index in [2.05, 4.69) is 38.2 Å². The van der Waals surface area contributed by atoms with Crippen LogP contribution in [0.25, 0.3) is 0 Å². The lowest BCUT2D eigenvalue weighted by Gasteiger charge is -2.31. The molecule has 1 aromatic heterocycles. The number of nitrogens with zero attached hydrogens (tertiary/aromatic N) is 2. The number of nitrogens with one attached hydrogen (secondary N) is 1. The molecule has 0 bridgehead atoms. The Morgan fingerprint density at radius 1 is 0.884 bits per heavy atom. The molecule has 43 heavy (non-hydrogen) atoms. The number of imide groups is 1. The van der Waals surface area contributed by atoms with Gasteiger partial charge in [0.15, 0.2) is 0 Å². The van der Waals surface area contributed by atoms with Gasteiger partial charge in [0, 0.05) is 16.5 Å². The van der Waals surface area contributed by atoms with Gasteiger partial charge in [0.2, 0.25) is 17.7 Å². The second-order valence-corrected chi connectivity index (χ2v) is 14.4. The van der Waals surface area contributed by atoms with Crippen LogP contribution in [-0.4, -0.2) is 27.5 Å². The van der Waals surface area contributed by atoms with E-state index in [4.69, 9.17) is 0 Å². The van der Waals surface area contributed by atoms with Crippen LogP contribution < -0.4 is 15.1 Å². The van der Waals surface area contributed by atoms with Crippen LogP contribution in [0.15, 0.2) is 82.6 Å². The molecule has 2 aliphatic heterocycles. The Morgan fingerprint density at radius 2 is 1.58 bits per heavy atom. The van der Waals surface area contributed by atoms with Crippen molar-refractivity contribution >= 4 is 52.2 Å². The number of fused-ring (bicyclic) bond motifs is 2. The van der Waals surface area contributed by atoms with Crippen molar-refractivity contribution in [3.63, 3.8) is 0 Å². The minimum atomic E-state index is -0.728. The van der Waals surface area contributed by atoms with Gasteiger partial charge in [0.25, 0.3) is 0 Å². The first-order chi connectivity index (χ1) is 20.4. The molecule has 1 saturated heterocycles. The number of thiazole rings is 1. The summed E-state index contributed by atoms with van der Waals surface area (Å²) in [7, 11) is 0. The quantitative estimate of drug-likeness (QED) is 0.269. The standard InChI is InChI=1S/C34H33N3O4S2/c1-19-9-15-24(16-10-19)37-30(39)27-26(21-11-13-22(14-12-21)34(3,4)5)29-32(42-28(27)31(37)40)36(33(41)43-29)18-25(38)35-23-8-6-7-20(2)17-23/h6-17,26-28H,18H2,1-5H3,(H,35,38). The molecule has 0 aliphatic carbocycles. The topological polar surface area (TPSA) is 88.5 Å². The van der Waals surface area contributed by atoms with Crippen LogP contribution >= 0.6 is 23.1 Å². The molecule has 7 nitrogen and oxygen atoms in total. The van der Waals surface area contributed by atoms with E-state index < -0.39 is 17.1 Å². The zero-order chi connectivity index (χ0) is 30.6. The normalized spacial score (nSPS) is 19.7. The number of thioether (sulfide) groups is 1. The van der Waals surface area contributed by atoms with Gasteiger partial charge in [0.1, 0.15) is 11.8 Å². The number of hydrogen-bond donors (Lipinski definition) is 1. The number of aryl methyl sites for hydroxylation is 2. The minimum Gasteiger partial charge on any atom is -0.325 e. The van der Waals surface area contributed by atoms with E-state index in [1.165, 1.54) is 21.2 Å². The van der Waals surface area contributed by atoms with Crippen LogP contribution in [0.3, 0.4) is 0 Å². The van der Waals surface area contributed by atoms with Crippen molar-refractivity contribution in [2.75, 3.05) is 10.2 Å². The smallest absolute Gasteiger partial charge is 0.308 e. The van der Waals surface area contributed by atoms with Crippen molar-refractivity contribution in [3.8, 4) is 0 Å². The summed E-state index contributed by atoms with van der Waals surface area (Å²) in [6, 6.07) is 22.9. The van der Waals surface area contributed by atoms with Crippen molar-refractivity contribution in [3.05, 3.63) is 110 Å². The molecule has 0 saturated carbocycles. The first-order valence-corrected chi connectivity index (χ1v) is 15.9. The lowest BCUT2D eigenvalue weighted by Crippen LogP contribution is -2.33. The molecule has 220 valence electrons. The van der Waals surface area contributed by atoms with Gasteiger partial charge in [-0.15, -0.1) is 0 Å². The summed E-state index contributed by atoms with van der Waals surface area (Å²) in [4.78, 5) is 56.3. The van der Waals surface area contributed by atoms with Crippen LogP contribution in [0.5, 0.6) is 0 Å². The van der Waals surface area contributed by atoms with Crippen molar-refractivity contribution in [1.29, 1.82) is 0 Å². The molecule has 2 aliphatic rings. The van der Waals surface area contributed by atoms with Crippen LogP contribution in [-0.2, 0) is 26.3 Å². The molecule has 3 heterocycles. The largest absolute Gasteiger partial charge is 0.325 e. The van der Waals surface area contributed by atoms with E-state index >= 15 is 0 Å². The SMILES string of the molecule is Cc1ccc(N2C(=O)C3Sc4c(sc(=O)n4CC(=O)Nc4cccc(C)c4)C(c4ccc(C(C)(C)C)cc4)C3C2=O)cc1. The Balaban J connectivity index is 1.42. The third kappa shape index (κ3) is 5.36. The lowest BCUT2D eigenvalue weighted by atomic mass is 9.81. The van der Waals surface area contributed by atoms with Gasteiger partial charge in [-0.1, -0.05) is 98.0 Å². The molecule has 1 N–H and O–H groups in total. The predicted molar refractivity (Wildman–Crippen MR) is 172 cm³/mol. The summed E-state index contributed by atoms with van der Waals surface area (Å²) in [5, 5.41) is 2.73. The van der Waals surface area contributed by atoms with Crippen molar-refractivity contribution in [2.45, 2.75) is 62.8 Å². The zero-order valence-corrected chi connectivity index (χ0v) is 26.3. The Labute approximate surface area is 258 Å².